The summed E-state index contributed by atoms with van der Waals surface area (Å²) in [6, 6.07) is 3.36. The van der Waals surface area contributed by atoms with Crippen LogP contribution in [-0.2, 0) is 0 Å². The number of nitrogen functional groups attached to an aromatic ring is 1. The van der Waals surface area contributed by atoms with E-state index in [0.29, 0.717) is 55.6 Å². The number of anilines is 3. The van der Waals surface area contributed by atoms with Gasteiger partial charge in [0.1, 0.15) is 18.0 Å². The van der Waals surface area contributed by atoms with Crippen LogP contribution in [0.3, 0.4) is 0 Å². The first-order valence-electron chi connectivity index (χ1n) is 10.4. The maximum Gasteiger partial charge on any atom is 0.218 e. The summed E-state index contributed by atoms with van der Waals surface area (Å²) >= 11 is 0. The largest absolute Gasteiger partial charge is 0.481 e. The zero-order valence-corrected chi connectivity index (χ0v) is 18.1. The van der Waals surface area contributed by atoms with Crippen molar-refractivity contribution in [2.75, 3.05) is 62.4 Å². The van der Waals surface area contributed by atoms with Gasteiger partial charge in [-0.3, -0.25) is 0 Å². The van der Waals surface area contributed by atoms with Crippen LogP contribution >= 0.6 is 0 Å². The van der Waals surface area contributed by atoms with Gasteiger partial charge in [-0.2, -0.15) is 0 Å². The molecule has 1 saturated heterocycles. The lowest BCUT2D eigenvalue weighted by molar-refractivity contribution is 0.234. The van der Waals surface area contributed by atoms with Crippen LogP contribution < -0.4 is 20.3 Å². The van der Waals surface area contributed by atoms with Gasteiger partial charge in [-0.15, -0.1) is 0 Å². The lowest BCUT2D eigenvalue weighted by atomic mass is 9.98. The van der Waals surface area contributed by atoms with Gasteiger partial charge in [0.05, 0.1) is 24.0 Å². The van der Waals surface area contributed by atoms with Gasteiger partial charge in [-0.1, -0.05) is 6.08 Å². The van der Waals surface area contributed by atoms with Crippen LogP contribution in [0.25, 0.3) is 5.57 Å². The van der Waals surface area contributed by atoms with Gasteiger partial charge < -0.3 is 25.2 Å². The predicted octanol–water partition coefficient (Wildman–Crippen LogP) is 2.78. The predicted molar refractivity (Wildman–Crippen MR) is 118 cm³/mol. The molecule has 1 aromatic heterocycles. The second kappa shape index (κ2) is 8.66. The number of ether oxygens (including phenoxy) is 1. The van der Waals surface area contributed by atoms with Gasteiger partial charge in [0.15, 0.2) is 5.82 Å². The molecule has 31 heavy (non-hydrogen) atoms. The molecular formula is C22H28F2N6O. The Balaban J connectivity index is 1.62. The Bertz CT molecular complexity index is 998. The molecule has 2 aliphatic rings. The number of halogens is 2. The second-order valence-electron chi connectivity index (χ2n) is 8.11. The van der Waals surface area contributed by atoms with E-state index in [1.54, 1.807) is 6.07 Å². The van der Waals surface area contributed by atoms with Gasteiger partial charge in [-0.25, -0.2) is 18.7 Å². The number of nitrogens with zero attached hydrogens (tertiary/aromatic N) is 5. The van der Waals surface area contributed by atoms with Gasteiger partial charge in [0, 0.05) is 50.9 Å². The molecule has 2 aliphatic heterocycles. The minimum absolute atomic E-state index is 0.00474. The molecule has 2 N–H and O–H groups in total. The van der Waals surface area contributed by atoms with Gasteiger partial charge >= 0.3 is 0 Å². The molecule has 0 aliphatic carbocycles. The van der Waals surface area contributed by atoms with Gasteiger partial charge in [0.25, 0.3) is 0 Å². The summed E-state index contributed by atoms with van der Waals surface area (Å²) in [4.78, 5) is 14.4. The van der Waals surface area contributed by atoms with Crippen molar-refractivity contribution in [3.8, 4) is 5.88 Å². The summed E-state index contributed by atoms with van der Waals surface area (Å²) in [6.07, 6.45) is 3.92. The summed E-state index contributed by atoms with van der Waals surface area (Å²) in [5.41, 5.74) is 7.10. The van der Waals surface area contributed by atoms with E-state index in [1.807, 2.05) is 22.9 Å². The second-order valence-corrected chi connectivity index (χ2v) is 8.11. The fourth-order valence-electron chi connectivity index (χ4n) is 4.18. The molecule has 0 saturated carbocycles. The van der Waals surface area contributed by atoms with Crippen molar-refractivity contribution >= 4 is 22.8 Å². The third-order valence-corrected chi connectivity index (χ3v) is 6.17. The molecule has 7 nitrogen and oxygen atoms in total. The van der Waals surface area contributed by atoms with E-state index in [4.69, 9.17) is 10.5 Å². The number of likely N-dealkylation sites (N-methyl/N-ethyl adjacent to an activating group) is 1. The smallest absolute Gasteiger partial charge is 0.218 e. The Morgan fingerprint density at radius 2 is 1.94 bits per heavy atom. The van der Waals surface area contributed by atoms with Crippen LogP contribution in [0.5, 0.6) is 5.88 Å². The average molecular weight is 431 g/mol. The zero-order valence-electron chi connectivity index (χ0n) is 18.1. The van der Waals surface area contributed by atoms with Crippen LogP contribution in [0.1, 0.15) is 18.9 Å². The maximum absolute atomic E-state index is 15.4. The first-order valence-corrected chi connectivity index (χ1v) is 10.4. The lowest BCUT2D eigenvalue weighted by Gasteiger charge is -2.39. The molecular weight excluding hydrogens is 402 g/mol. The van der Waals surface area contributed by atoms with Crippen LogP contribution in [0, 0.1) is 11.6 Å². The van der Waals surface area contributed by atoms with E-state index < -0.39 is 11.6 Å². The Morgan fingerprint density at radius 3 is 2.68 bits per heavy atom. The third kappa shape index (κ3) is 4.14. The van der Waals surface area contributed by atoms with E-state index in [0.717, 1.165) is 6.54 Å². The maximum atomic E-state index is 15.4. The molecule has 0 unspecified atom stereocenters. The van der Waals surface area contributed by atoms with E-state index in [2.05, 4.69) is 21.8 Å². The summed E-state index contributed by atoms with van der Waals surface area (Å²) in [6.45, 7) is 5.25. The van der Waals surface area contributed by atoms with E-state index >= 15 is 8.78 Å². The monoisotopic (exact) mass is 430 g/mol. The highest BCUT2D eigenvalue weighted by atomic mass is 19.1. The molecule has 0 radical (unpaired) electrons. The number of aromatic nitrogens is 2. The summed E-state index contributed by atoms with van der Waals surface area (Å²) in [7, 11) is 3.58. The van der Waals surface area contributed by atoms with Crippen LogP contribution in [0.15, 0.2) is 24.5 Å². The van der Waals surface area contributed by atoms with Gasteiger partial charge in [0.2, 0.25) is 5.88 Å². The number of rotatable bonds is 4. The average Bonchev–Trinajstić information content (AvgIpc) is 2.78. The highest BCUT2D eigenvalue weighted by Crippen LogP contribution is 2.36. The number of benzene rings is 1. The lowest BCUT2D eigenvalue weighted by Crippen LogP contribution is -2.50. The van der Waals surface area contributed by atoms with Crippen molar-refractivity contribution in [3.05, 3.63) is 41.7 Å². The fourth-order valence-corrected chi connectivity index (χ4v) is 4.18. The van der Waals surface area contributed by atoms with Crippen LogP contribution in [-0.4, -0.2) is 67.8 Å². The fraction of sp³-hybridized carbons (Fsp3) is 0.455. The van der Waals surface area contributed by atoms with Crippen molar-refractivity contribution in [3.63, 3.8) is 0 Å². The highest BCUT2D eigenvalue weighted by Gasteiger charge is 2.28. The molecule has 1 fully saturated rings. The standard InChI is InChI=1S/C22H28F2N6O/c1-14-11-29(8-7-28(14)2)17-9-16(23)20(21(24)22(17)25)15-5-4-6-30(12-15)18-10-19(31-3)27-13-26-18/h5,9-10,13-14H,4,6-8,11-12,25H2,1-3H3/t14-/m0/s1. The summed E-state index contributed by atoms with van der Waals surface area (Å²) < 4.78 is 35.8. The topological polar surface area (TPSA) is 70.8 Å². The molecule has 166 valence electrons. The van der Waals surface area contributed by atoms with Crippen molar-refractivity contribution in [1.29, 1.82) is 0 Å². The molecule has 0 spiro atoms. The van der Waals surface area contributed by atoms with Gasteiger partial charge in [-0.05, 0) is 26.0 Å². The van der Waals surface area contributed by atoms with E-state index in [-0.39, 0.29) is 17.3 Å². The molecule has 9 heteroatoms. The normalized spacial score (nSPS) is 20.0. The molecule has 1 atom stereocenters. The summed E-state index contributed by atoms with van der Waals surface area (Å²) in [5.74, 6) is -0.209. The highest BCUT2D eigenvalue weighted by molar-refractivity contribution is 5.79. The quantitative estimate of drug-likeness (QED) is 0.748. The minimum atomic E-state index is -0.699. The minimum Gasteiger partial charge on any atom is -0.481 e. The van der Waals surface area contributed by atoms with Crippen LogP contribution in [0.2, 0.25) is 0 Å². The first kappa shape index (κ1) is 21.3. The Morgan fingerprint density at radius 1 is 1.13 bits per heavy atom. The Hall–Kier alpha value is -2.94. The van der Waals surface area contributed by atoms with Crippen molar-refractivity contribution in [2.24, 2.45) is 0 Å². The Kier molecular flexibility index (Phi) is 5.95. The van der Waals surface area contributed by atoms with Crippen molar-refractivity contribution in [2.45, 2.75) is 19.4 Å². The Labute approximate surface area is 181 Å². The zero-order chi connectivity index (χ0) is 22.1. The van der Waals surface area contributed by atoms with Crippen LogP contribution in [0.4, 0.5) is 26.0 Å². The number of hydrogen-bond donors (Lipinski definition) is 1. The van der Waals surface area contributed by atoms with Crippen molar-refractivity contribution < 1.29 is 13.5 Å². The summed E-state index contributed by atoms with van der Waals surface area (Å²) in [5, 5.41) is 0. The number of hydrogen-bond acceptors (Lipinski definition) is 7. The number of nitrogens with two attached hydrogens (primary N) is 1. The molecule has 0 amide bonds. The number of piperazine rings is 1. The van der Waals surface area contributed by atoms with E-state index in [9.17, 15) is 0 Å². The molecule has 2 aromatic rings. The molecule has 4 rings (SSSR count). The van der Waals surface area contributed by atoms with Crippen molar-refractivity contribution in [1.82, 2.24) is 14.9 Å². The third-order valence-electron chi connectivity index (χ3n) is 6.17. The first-order chi connectivity index (χ1) is 14.9. The van der Waals surface area contributed by atoms with E-state index in [1.165, 1.54) is 19.5 Å². The molecule has 0 bridgehead atoms. The molecule has 1 aromatic carbocycles. The number of methoxy groups -OCH3 is 1. The SMILES string of the molecule is COc1cc(N2CCC=C(c3c(F)cc(N4CCN(C)[C@@H](C)C4)c(N)c3F)C2)ncn1. The molecule has 3 heterocycles.